The fourth-order valence-electron chi connectivity index (χ4n) is 2.52. The Morgan fingerprint density at radius 3 is 2.71 bits per heavy atom. The monoisotopic (exact) mass is 348 g/mol. The average Bonchev–Trinajstić information content (AvgIpc) is 2.82. The molecule has 1 heterocycles. The lowest BCUT2D eigenvalue weighted by Crippen LogP contribution is -2.13. The molecule has 128 valence electrons. The molecule has 0 spiro atoms. The molecule has 1 aromatic heterocycles. The minimum Gasteiger partial charge on any atom is -0.325 e. The smallest absolute Gasteiger partial charge is 0.312 e. The van der Waals surface area contributed by atoms with E-state index in [1.165, 1.54) is 0 Å². The number of nitrogens with one attached hydrogen (secondary N) is 1. The van der Waals surface area contributed by atoms with Gasteiger partial charge in [-0.05, 0) is 38.7 Å². The van der Waals surface area contributed by atoms with Crippen molar-refractivity contribution in [1.82, 2.24) is 9.78 Å². The van der Waals surface area contributed by atoms with Crippen LogP contribution in [-0.4, -0.2) is 26.9 Å². The number of benzene rings is 1. The Bertz CT molecular complexity index is 758. The number of nitro groups is 1. The Balaban J connectivity index is 1.91. The average molecular weight is 348 g/mol. The number of thioether (sulfide) groups is 1. The molecule has 0 saturated carbocycles. The predicted molar refractivity (Wildman–Crippen MR) is 94.4 cm³/mol. The highest BCUT2D eigenvalue weighted by atomic mass is 32.2. The van der Waals surface area contributed by atoms with Gasteiger partial charge >= 0.3 is 5.69 Å². The lowest BCUT2D eigenvalue weighted by Gasteiger charge is -2.09. The molecule has 0 bridgehead atoms. The van der Waals surface area contributed by atoms with Gasteiger partial charge in [-0.15, -0.1) is 11.8 Å². The Morgan fingerprint density at radius 2 is 2.08 bits per heavy atom. The third-order valence-electron chi connectivity index (χ3n) is 3.68. The Kier molecular flexibility index (Phi) is 5.97. The third kappa shape index (κ3) is 4.14. The van der Waals surface area contributed by atoms with E-state index in [9.17, 15) is 14.9 Å². The first-order chi connectivity index (χ1) is 11.4. The summed E-state index contributed by atoms with van der Waals surface area (Å²) >= 11 is 1.57. The van der Waals surface area contributed by atoms with Gasteiger partial charge in [0, 0.05) is 17.9 Å². The quantitative estimate of drug-likeness (QED) is 0.469. The predicted octanol–water partition coefficient (Wildman–Crippen LogP) is 3.55. The zero-order valence-electron chi connectivity index (χ0n) is 13.9. The maximum Gasteiger partial charge on any atom is 0.312 e. The van der Waals surface area contributed by atoms with Gasteiger partial charge in [-0.1, -0.05) is 12.1 Å². The van der Waals surface area contributed by atoms with Gasteiger partial charge in [-0.25, -0.2) is 0 Å². The molecular weight excluding hydrogens is 328 g/mol. The van der Waals surface area contributed by atoms with Crippen LogP contribution < -0.4 is 5.32 Å². The molecule has 0 aliphatic heterocycles. The van der Waals surface area contributed by atoms with Crippen molar-refractivity contribution in [2.24, 2.45) is 0 Å². The summed E-state index contributed by atoms with van der Waals surface area (Å²) in [6.07, 6.45) is 2.85. The third-order valence-corrected chi connectivity index (χ3v) is 4.48. The van der Waals surface area contributed by atoms with E-state index in [4.69, 9.17) is 0 Å². The number of hydrogen-bond donors (Lipinski definition) is 1. The van der Waals surface area contributed by atoms with Crippen molar-refractivity contribution in [3.63, 3.8) is 0 Å². The normalized spacial score (nSPS) is 10.6. The molecule has 0 unspecified atom stereocenters. The van der Waals surface area contributed by atoms with Gasteiger partial charge in [0.25, 0.3) is 0 Å². The largest absolute Gasteiger partial charge is 0.325 e. The van der Waals surface area contributed by atoms with Crippen molar-refractivity contribution in [2.75, 3.05) is 11.6 Å². The molecule has 0 radical (unpaired) electrons. The van der Waals surface area contributed by atoms with Crippen molar-refractivity contribution in [1.29, 1.82) is 0 Å². The number of para-hydroxylation sites is 1. The summed E-state index contributed by atoms with van der Waals surface area (Å²) in [4.78, 5) is 23.7. The van der Waals surface area contributed by atoms with Crippen LogP contribution in [-0.2, 0) is 11.3 Å². The Labute approximate surface area is 144 Å². The highest BCUT2D eigenvalue weighted by Gasteiger charge is 2.21. The van der Waals surface area contributed by atoms with Crippen LogP contribution in [0, 0.1) is 24.0 Å². The van der Waals surface area contributed by atoms with Crippen LogP contribution in [0.4, 0.5) is 11.4 Å². The van der Waals surface area contributed by atoms with Crippen LogP contribution in [0.25, 0.3) is 0 Å². The van der Waals surface area contributed by atoms with Gasteiger partial charge in [-0.2, -0.15) is 5.10 Å². The molecule has 0 atom stereocenters. The van der Waals surface area contributed by atoms with Crippen LogP contribution >= 0.6 is 11.8 Å². The van der Waals surface area contributed by atoms with E-state index in [-0.39, 0.29) is 11.6 Å². The highest BCUT2D eigenvalue weighted by molar-refractivity contribution is 7.98. The van der Waals surface area contributed by atoms with Crippen LogP contribution in [0.3, 0.4) is 0 Å². The lowest BCUT2D eigenvalue weighted by molar-refractivity contribution is -0.386. The first kappa shape index (κ1) is 18.0. The Morgan fingerprint density at radius 1 is 1.38 bits per heavy atom. The molecule has 24 heavy (non-hydrogen) atoms. The molecule has 7 nitrogen and oxygen atoms in total. The molecular formula is C16H20N4O3S. The van der Waals surface area contributed by atoms with Crippen molar-refractivity contribution in [3.05, 3.63) is 45.8 Å². The van der Waals surface area contributed by atoms with E-state index in [1.807, 2.05) is 30.5 Å². The van der Waals surface area contributed by atoms with Crippen molar-refractivity contribution >= 4 is 29.0 Å². The van der Waals surface area contributed by atoms with Gasteiger partial charge in [0.15, 0.2) is 0 Å². The summed E-state index contributed by atoms with van der Waals surface area (Å²) < 4.78 is 1.59. The maximum atomic E-state index is 12.1. The maximum absolute atomic E-state index is 12.1. The molecule has 0 aliphatic rings. The van der Waals surface area contributed by atoms with Crippen LogP contribution in [0.2, 0.25) is 0 Å². The second-order valence-electron chi connectivity index (χ2n) is 5.35. The van der Waals surface area contributed by atoms with E-state index in [1.54, 1.807) is 30.3 Å². The van der Waals surface area contributed by atoms with E-state index >= 15 is 0 Å². The molecule has 0 fully saturated rings. The SMILES string of the molecule is CSc1ccccc1NC(=O)CCCn1nc(C)c([N+](=O)[O-])c1C. The second-order valence-corrected chi connectivity index (χ2v) is 6.20. The highest BCUT2D eigenvalue weighted by Crippen LogP contribution is 2.25. The minimum absolute atomic E-state index is 0.0494. The van der Waals surface area contributed by atoms with E-state index in [0.29, 0.717) is 30.8 Å². The van der Waals surface area contributed by atoms with Crippen molar-refractivity contribution in [3.8, 4) is 0 Å². The first-order valence-electron chi connectivity index (χ1n) is 7.55. The van der Waals surface area contributed by atoms with Crippen LogP contribution in [0.1, 0.15) is 24.2 Å². The summed E-state index contributed by atoms with van der Waals surface area (Å²) in [5.41, 5.74) is 1.77. The summed E-state index contributed by atoms with van der Waals surface area (Å²) in [5.74, 6) is -0.0764. The number of nitrogens with zero attached hydrogens (tertiary/aromatic N) is 3. The van der Waals surface area contributed by atoms with Crippen molar-refractivity contribution in [2.45, 2.75) is 38.1 Å². The number of aryl methyl sites for hydroxylation is 2. The fourth-order valence-corrected chi connectivity index (χ4v) is 3.07. The minimum atomic E-state index is -0.416. The topological polar surface area (TPSA) is 90.1 Å². The molecule has 0 aliphatic carbocycles. The van der Waals surface area contributed by atoms with Crippen molar-refractivity contribution < 1.29 is 9.72 Å². The number of rotatable bonds is 7. The molecule has 1 N–H and O–H groups in total. The molecule has 8 heteroatoms. The summed E-state index contributed by atoms with van der Waals surface area (Å²) in [6.45, 7) is 3.76. The molecule has 1 amide bonds. The summed E-state index contributed by atoms with van der Waals surface area (Å²) in [5, 5.41) is 18.1. The van der Waals surface area contributed by atoms with Crippen LogP contribution in [0.5, 0.6) is 0 Å². The number of aromatic nitrogens is 2. The first-order valence-corrected chi connectivity index (χ1v) is 8.77. The molecule has 0 saturated heterocycles. The number of carbonyl (C=O) groups is 1. The number of amides is 1. The summed E-state index contributed by atoms with van der Waals surface area (Å²) in [7, 11) is 0. The Hall–Kier alpha value is -2.35. The van der Waals surface area contributed by atoms with E-state index in [0.717, 1.165) is 10.6 Å². The molecule has 2 rings (SSSR count). The van der Waals surface area contributed by atoms with E-state index in [2.05, 4.69) is 10.4 Å². The van der Waals surface area contributed by atoms with E-state index < -0.39 is 4.92 Å². The molecule has 1 aromatic carbocycles. The zero-order chi connectivity index (χ0) is 17.7. The lowest BCUT2D eigenvalue weighted by atomic mass is 10.2. The van der Waals surface area contributed by atoms with Crippen LogP contribution in [0.15, 0.2) is 29.2 Å². The standard InChI is InChI=1S/C16H20N4O3S/c1-11-16(20(22)23)12(2)19(18-11)10-6-9-15(21)17-13-7-4-5-8-14(13)24-3/h4-5,7-8H,6,9-10H2,1-3H3,(H,17,21). The number of hydrogen-bond acceptors (Lipinski definition) is 5. The molecule has 2 aromatic rings. The van der Waals surface area contributed by atoms with Gasteiger partial charge < -0.3 is 5.32 Å². The van der Waals surface area contributed by atoms with Gasteiger partial charge in [0.2, 0.25) is 5.91 Å². The zero-order valence-corrected chi connectivity index (χ0v) is 14.7. The number of carbonyl (C=O) groups excluding carboxylic acids is 1. The number of anilines is 1. The van der Waals surface area contributed by atoms with Gasteiger partial charge in [0.1, 0.15) is 11.4 Å². The second kappa shape index (κ2) is 7.96. The fraction of sp³-hybridized carbons (Fsp3) is 0.375. The van der Waals surface area contributed by atoms with Gasteiger partial charge in [-0.3, -0.25) is 19.6 Å². The van der Waals surface area contributed by atoms with Gasteiger partial charge in [0.05, 0.1) is 10.6 Å². The summed E-state index contributed by atoms with van der Waals surface area (Å²) in [6, 6.07) is 7.63.